The van der Waals surface area contributed by atoms with E-state index in [-0.39, 0.29) is 5.82 Å². The normalized spacial score (nSPS) is 18.4. The molecule has 0 fully saturated rings. The average Bonchev–Trinajstić information content (AvgIpc) is 2.85. The van der Waals surface area contributed by atoms with Crippen LogP contribution < -0.4 is 5.32 Å². The lowest BCUT2D eigenvalue weighted by Gasteiger charge is -2.19. The van der Waals surface area contributed by atoms with E-state index in [1.165, 1.54) is 10.9 Å². The van der Waals surface area contributed by atoms with Gasteiger partial charge < -0.3 is 5.32 Å². The lowest BCUT2D eigenvalue weighted by atomic mass is 9.98. The second kappa shape index (κ2) is 5.19. The van der Waals surface area contributed by atoms with Gasteiger partial charge in [0.2, 0.25) is 0 Å². The average molecular weight is 297 g/mol. The third-order valence-electron chi connectivity index (χ3n) is 3.46. The predicted molar refractivity (Wildman–Crippen MR) is 77.3 cm³/mol. The number of nitrogens with zero attached hydrogens (tertiary/aromatic N) is 1. The number of benzene rings is 1. The van der Waals surface area contributed by atoms with E-state index in [2.05, 4.69) is 10.3 Å². The largest absolute Gasteiger partial charge is 0.312 e. The van der Waals surface area contributed by atoms with E-state index in [0.717, 1.165) is 30.0 Å². The minimum absolute atomic E-state index is 0.267. The van der Waals surface area contributed by atoms with Crippen LogP contribution in [0.1, 0.15) is 29.5 Å². The summed E-state index contributed by atoms with van der Waals surface area (Å²) in [6, 6.07) is 4.95. The minimum Gasteiger partial charge on any atom is -0.312 e. The van der Waals surface area contributed by atoms with Crippen molar-refractivity contribution in [2.45, 2.75) is 25.3 Å². The van der Waals surface area contributed by atoms with E-state index >= 15 is 0 Å². The fourth-order valence-electron chi connectivity index (χ4n) is 2.47. The molecule has 0 bridgehead atoms. The van der Waals surface area contributed by atoms with Crippen molar-refractivity contribution < 1.29 is 4.39 Å². The first-order chi connectivity index (χ1) is 9.19. The number of fused-ring (bicyclic) bond motifs is 1. The van der Waals surface area contributed by atoms with Crippen LogP contribution in [0.2, 0.25) is 5.02 Å². The zero-order valence-electron chi connectivity index (χ0n) is 10.5. The Hall–Kier alpha value is -0.970. The van der Waals surface area contributed by atoms with Gasteiger partial charge in [0.25, 0.3) is 0 Å². The van der Waals surface area contributed by atoms with Crippen LogP contribution in [-0.4, -0.2) is 12.0 Å². The maximum Gasteiger partial charge on any atom is 0.133 e. The van der Waals surface area contributed by atoms with Gasteiger partial charge in [-0.15, -0.1) is 11.3 Å². The zero-order valence-corrected chi connectivity index (χ0v) is 12.1. The van der Waals surface area contributed by atoms with E-state index in [1.807, 2.05) is 7.05 Å². The van der Waals surface area contributed by atoms with Crippen LogP contribution in [0.25, 0.3) is 10.6 Å². The molecule has 2 aromatic rings. The SMILES string of the molecule is CNC1CCCc2nc(-c3cc(Cl)ccc3F)sc21. The molecule has 0 aliphatic heterocycles. The highest BCUT2D eigenvalue weighted by Gasteiger charge is 2.24. The van der Waals surface area contributed by atoms with Crippen LogP contribution in [0.3, 0.4) is 0 Å². The second-order valence-electron chi connectivity index (χ2n) is 4.69. The number of aromatic nitrogens is 1. The molecule has 19 heavy (non-hydrogen) atoms. The smallest absolute Gasteiger partial charge is 0.133 e. The van der Waals surface area contributed by atoms with E-state index in [9.17, 15) is 4.39 Å². The molecular weight excluding hydrogens is 283 g/mol. The number of rotatable bonds is 2. The Morgan fingerprint density at radius 3 is 3.11 bits per heavy atom. The lowest BCUT2D eigenvalue weighted by Crippen LogP contribution is -2.19. The van der Waals surface area contributed by atoms with Crippen LogP contribution in [0, 0.1) is 5.82 Å². The Bertz CT molecular complexity index is 611. The Balaban J connectivity index is 2.07. The molecule has 0 amide bonds. The Kier molecular flexibility index (Phi) is 3.56. The summed E-state index contributed by atoms with van der Waals surface area (Å²) in [4.78, 5) is 5.84. The number of hydrogen-bond acceptors (Lipinski definition) is 3. The Morgan fingerprint density at radius 2 is 2.32 bits per heavy atom. The number of aryl methyl sites for hydroxylation is 1. The maximum atomic E-state index is 13.9. The van der Waals surface area contributed by atoms with Gasteiger partial charge in [-0.25, -0.2) is 9.37 Å². The fraction of sp³-hybridized carbons (Fsp3) is 0.357. The highest BCUT2D eigenvalue weighted by Crippen LogP contribution is 2.38. The Labute approximate surface area is 120 Å². The zero-order chi connectivity index (χ0) is 13.4. The van der Waals surface area contributed by atoms with E-state index in [0.29, 0.717) is 16.6 Å². The number of thiazole rings is 1. The molecule has 1 aliphatic carbocycles. The molecule has 1 aromatic heterocycles. The van der Waals surface area contributed by atoms with Crippen molar-refractivity contribution >= 4 is 22.9 Å². The van der Waals surface area contributed by atoms with Gasteiger partial charge >= 0.3 is 0 Å². The summed E-state index contributed by atoms with van der Waals surface area (Å²) in [5.41, 5.74) is 1.60. The highest BCUT2D eigenvalue weighted by atomic mass is 35.5. The molecular formula is C14H14ClFN2S. The second-order valence-corrected chi connectivity index (χ2v) is 6.15. The standard InChI is InChI=1S/C14H14ClFN2S/c1-17-11-3-2-4-12-13(11)19-14(18-12)9-7-8(15)5-6-10(9)16/h5-7,11,17H,2-4H2,1H3. The van der Waals surface area contributed by atoms with Crippen molar-refractivity contribution in [3.8, 4) is 10.6 Å². The van der Waals surface area contributed by atoms with Crippen LogP contribution in [0.15, 0.2) is 18.2 Å². The number of hydrogen-bond donors (Lipinski definition) is 1. The molecule has 1 aliphatic rings. The molecule has 5 heteroatoms. The molecule has 1 aromatic carbocycles. The quantitative estimate of drug-likeness (QED) is 0.898. The van der Waals surface area contributed by atoms with Crippen molar-refractivity contribution in [3.05, 3.63) is 39.6 Å². The van der Waals surface area contributed by atoms with Crippen molar-refractivity contribution in [2.75, 3.05) is 7.05 Å². The fourth-order valence-corrected chi connectivity index (χ4v) is 3.92. The topological polar surface area (TPSA) is 24.9 Å². The summed E-state index contributed by atoms with van der Waals surface area (Å²) in [6.45, 7) is 0. The summed E-state index contributed by atoms with van der Waals surface area (Å²) >= 11 is 7.52. The van der Waals surface area contributed by atoms with Crippen molar-refractivity contribution in [3.63, 3.8) is 0 Å². The first-order valence-electron chi connectivity index (χ1n) is 6.31. The first kappa shape index (κ1) is 13.0. The van der Waals surface area contributed by atoms with Gasteiger partial charge in [0.1, 0.15) is 10.8 Å². The third-order valence-corrected chi connectivity index (χ3v) is 4.94. The van der Waals surface area contributed by atoms with Gasteiger partial charge in [0.15, 0.2) is 0 Å². The summed E-state index contributed by atoms with van der Waals surface area (Å²) in [7, 11) is 1.96. The molecule has 1 heterocycles. The molecule has 100 valence electrons. The lowest BCUT2D eigenvalue weighted by molar-refractivity contribution is 0.501. The van der Waals surface area contributed by atoms with Gasteiger partial charge in [0.05, 0.1) is 5.69 Å². The van der Waals surface area contributed by atoms with E-state index < -0.39 is 0 Å². The van der Waals surface area contributed by atoms with Crippen LogP contribution in [0.5, 0.6) is 0 Å². The van der Waals surface area contributed by atoms with Gasteiger partial charge in [-0.3, -0.25) is 0 Å². The predicted octanol–water partition coefficient (Wildman–Crippen LogP) is 4.20. The first-order valence-corrected chi connectivity index (χ1v) is 7.51. The monoisotopic (exact) mass is 296 g/mol. The van der Waals surface area contributed by atoms with Crippen LogP contribution >= 0.6 is 22.9 Å². The minimum atomic E-state index is -0.267. The van der Waals surface area contributed by atoms with Gasteiger partial charge in [0, 0.05) is 21.5 Å². The van der Waals surface area contributed by atoms with Crippen molar-refractivity contribution in [1.82, 2.24) is 10.3 Å². The Morgan fingerprint density at radius 1 is 1.47 bits per heavy atom. The summed E-state index contributed by atoms with van der Waals surface area (Å²) in [5, 5.41) is 4.57. The maximum absolute atomic E-state index is 13.9. The molecule has 0 saturated carbocycles. The molecule has 0 spiro atoms. The van der Waals surface area contributed by atoms with E-state index in [1.54, 1.807) is 23.5 Å². The van der Waals surface area contributed by atoms with E-state index in [4.69, 9.17) is 11.6 Å². The van der Waals surface area contributed by atoms with Crippen LogP contribution in [-0.2, 0) is 6.42 Å². The molecule has 2 nitrogen and oxygen atoms in total. The summed E-state index contributed by atoms with van der Waals surface area (Å²) < 4.78 is 13.9. The van der Waals surface area contributed by atoms with Gasteiger partial charge in [-0.1, -0.05) is 11.6 Å². The molecule has 1 unspecified atom stereocenters. The number of nitrogens with one attached hydrogen (secondary N) is 1. The highest BCUT2D eigenvalue weighted by molar-refractivity contribution is 7.15. The molecule has 0 radical (unpaired) electrons. The number of halogens is 2. The van der Waals surface area contributed by atoms with Gasteiger partial charge in [-0.05, 0) is 44.5 Å². The van der Waals surface area contributed by atoms with Crippen LogP contribution in [0.4, 0.5) is 4.39 Å². The molecule has 1 atom stereocenters. The molecule has 3 rings (SSSR count). The molecule has 0 saturated heterocycles. The summed E-state index contributed by atoms with van der Waals surface area (Å²) in [5.74, 6) is -0.267. The molecule has 1 N–H and O–H groups in total. The van der Waals surface area contributed by atoms with Crippen molar-refractivity contribution in [2.24, 2.45) is 0 Å². The third kappa shape index (κ3) is 2.40. The summed E-state index contributed by atoms with van der Waals surface area (Å²) in [6.07, 6.45) is 3.22. The van der Waals surface area contributed by atoms with Gasteiger partial charge in [-0.2, -0.15) is 0 Å². The van der Waals surface area contributed by atoms with Crippen molar-refractivity contribution in [1.29, 1.82) is 0 Å².